The molecule has 4 rings (SSSR count). The number of carbonyl (C=O) groups is 1. The predicted molar refractivity (Wildman–Crippen MR) is 102 cm³/mol. The number of nitrogens with zero attached hydrogens (tertiary/aromatic N) is 6. The average Bonchev–Trinajstić information content (AvgIpc) is 3.09. The molecule has 0 N–H and O–H groups in total. The van der Waals surface area contributed by atoms with Crippen LogP contribution < -0.4 is 10.7 Å². The molecule has 2 aromatic heterocycles. The van der Waals surface area contributed by atoms with Crippen LogP contribution in [0.1, 0.15) is 0 Å². The molecule has 1 aliphatic rings. The van der Waals surface area contributed by atoms with Gasteiger partial charge in [0, 0.05) is 49.3 Å². The molecule has 0 atom stereocenters. The minimum atomic E-state index is -0.702. The molecule has 1 aromatic carbocycles. The lowest BCUT2D eigenvalue weighted by atomic mass is 10.2. The van der Waals surface area contributed by atoms with Crippen molar-refractivity contribution >= 4 is 23.2 Å². The van der Waals surface area contributed by atoms with E-state index in [1.165, 1.54) is 23.2 Å². The van der Waals surface area contributed by atoms with Crippen LogP contribution >= 0.6 is 11.6 Å². The lowest BCUT2D eigenvalue weighted by Gasteiger charge is -2.36. The normalized spacial score (nSPS) is 14.3. The van der Waals surface area contributed by atoms with Gasteiger partial charge in [-0.05, 0) is 18.2 Å². The summed E-state index contributed by atoms with van der Waals surface area (Å²) < 4.78 is 5.90. The lowest BCUT2D eigenvalue weighted by Crippen LogP contribution is -2.50. The van der Waals surface area contributed by atoms with Crippen molar-refractivity contribution in [2.45, 2.75) is 6.54 Å². The summed E-state index contributed by atoms with van der Waals surface area (Å²) in [6.45, 7) is 2.30. The molecule has 28 heavy (non-hydrogen) atoms. The second-order valence-electron chi connectivity index (χ2n) is 6.30. The maximum absolute atomic E-state index is 12.7. The van der Waals surface area contributed by atoms with Gasteiger partial charge in [0.15, 0.2) is 0 Å². The average molecular weight is 401 g/mol. The van der Waals surface area contributed by atoms with Crippen LogP contribution in [-0.4, -0.2) is 56.7 Å². The summed E-state index contributed by atoms with van der Waals surface area (Å²) in [4.78, 5) is 36.7. The van der Waals surface area contributed by atoms with Crippen molar-refractivity contribution in [2.24, 2.45) is 0 Å². The molecule has 0 unspecified atom stereocenters. The quantitative estimate of drug-likeness (QED) is 0.651. The number of piperazine rings is 1. The number of halogens is 1. The monoisotopic (exact) mass is 400 g/mol. The molecule has 144 valence electrons. The van der Waals surface area contributed by atoms with Gasteiger partial charge >= 0.3 is 5.76 Å². The Morgan fingerprint density at radius 3 is 2.71 bits per heavy atom. The number of rotatable bonds is 4. The van der Waals surface area contributed by atoms with Crippen LogP contribution in [0.2, 0.25) is 5.02 Å². The number of amides is 1. The predicted octanol–water partition coefficient (Wildman–Crippen LogP) is 1.30. The van der Waals surface area contributed by atoms with E-state index in [-0.39, 0.29) is 18.3 Å². The van der Waals surface area contributed by atoms with Crippen LogP contribution in [0.15, 0.2) is 52.2 Å². The van der Waals surface area contributed by atoms with Crippen LogP contribution in [0, 0.1) is 0 Å². The zero-order chi connectivity index (χ0) is 19.5. The van der Waals surface area contributed by atoms with Gasteiger partial charge in [0.05, 0.1) is 6.20 Å². The highest BCUT2D eigenvalue weighted by Crippen LogP contribution is 2.21. The van der Waals surface area contributed by atoms with Gasteiger partial charge in [-0.2, -0.15) is 0 Å². The van der Waals surface area contributed by atoms with Gasteiger partial charge in [-0.3, -0.25) is 14.3 Å². The first-order chi connectivity index (χ1) is 13.6. The highest BCUT2D eigenvalue weighted by atomic mass is 35.5. The van der Waals surface area contributed by atoms with Gasteiger partial charge in [0.1, 0.15) is 12.2 Å². The molecule has 1 aliphatic heterocycles. The molecule has 3 heterocycles. The molecule has 1 amide bonds. The first-order valence-corrected chi connectivity index (χ1v) is 9.11. The van der Waals surface area contributed by atoms with E-state index in [4.69, 9.17) is 16.1 Å². The number of anilines is 1. The number of aromatic nitrogens is 4. The number of hydrogen-bond acceptors (Lipinski definition) is 7. The second kappa shape index (κ2) is 7.81. The SMILES string of the molecule is O=C(Cn1c(-c2cnccn2)noc1=O)N1CCN(c2cccc(Cl)c2)CC1. The Morgan fingerprint density at radius 2 is 2.00 bits per heavy atom. The summed E-state index contributed by atoms with van der Waals surface area (Å²) in [6.07, 6.45) is 4.45. The van der Waals surface area contributed by atoms with E-state index >= 15 is 0 Å². The molecule has 3 aromatic rings. The van der Waals surface area contributed by atoms with Crippen molar-refractivity contribution in [1.82, 2.24) is 24.6 Å². The Balaban J connectivity index is 1.43. The van der Waals surface area contributed by atoms with Crippen LogP contribution in [0.3, 0.4) is 0 Å². The lowest BCUT2D eigenvalue weighted by molar-refractivity contribution is -0.132. The molecular formula is C18H17ClN6O3. The van der Waals surface area contributed by atoms with E-state index in [2.05, 4.69) is 20.0 Å². The standard InChI is InChI=1S/C18H17ClN6O3/c19-13-2-1-3-14(10-13)23-6-8-24(9-7-23)16(26)12-25-17(22-28-18(25)27)15-11-20-4-5-21-15/h1-5,10-11H,6-9,12H2. The first-order valence-electron chi connectivity index (χ1n) is 8.73. The van der Waals surface area contributed by atoms with Crippen molar-refractivity contribution in [3.63, 3.8) is 0 Å². The molecule has 1 fully saturated rings. The van der Waals surface area contributed by atoms with Crippen LogP contribution in [0.4, 0.5) is 5.69 Å². The largest absolute Gasteiger partial charge is 0.442 e. The third-order valence-corrected chi connectivity index (χ3v) is 4.81. The summed E-state index contributed by atoms with van der Waals surface area (Å²) in [5.41, 5.74) is 1.40. The van der Waals surface area contributed by atoms with Gasteiger partial charge in [-0.25, -0.2) is 14.3 Å². The summed E-state index contributed by atoms with van der Waals surface area (Å²) >= 11 is 6.05. The fraction of sp³-hybridized carbons (Fsp3) is 0.278. The molecule has 0 radical (unpaired) electrons. The molecule has 0 spiro atoms. The number of carbonyl (C=O) groups excluding carboxylic acids is 1. The van der Waals surface area contributed by atoms with E-state index in [0.29, 0.717) is 36.9 Å². The van der Waals surface area contributed by atoms with Gasteiger partial charge in [0.2, 0.25) is 11.7 Å². The van der Waals surface area contributed by atoms with E-state index in [1.807, 2.05) is 24.3 Å². The van der Waals surface area contributed by atoms with Crippen LogP contribution in [0.25, 0.3) is 11.5 Å². The third kappa shape index (κ3) is 3.74. The van der Waals surface area contributed by atoms with Crippen LogP contribution in [0.5, 0.6) is 0 Å². The smallest absolute Gasteiger partial charge is 0.368 e. The maximum Gasteiger partial charge on any atom is 0.442 e. The summed E-state index contributed by atoms with van der Waals surface area (Å²) in [5, 5.41) is 4.41. The fourth-order valence-corrected chi connectivity index (χ4v) is 3.31. The van der Waals surface area contributed by atoms with Gasteiger partial charge in [0.25, 0.3) is 0 Å². The summed E-state index contributed by atoms with van der Waals surface area (Å²) in [7, 11) is 0. The Bertz CT molecular complexity index is 1030. The Labute approximate surface area is 165 Å². The van der Waals surface area contributed by atoms with Crippen molar-refractivity contribution in [2.75, 3.05) is 31.1 Å². The maximum atomic E-state index is 12.7. The minimum absolute atomic E-state index is 0.161. The van der Waals surface area contributed by atoms with E-state index in [0.717, 1.165) is 5.69 Å². The minimum Gasteiger partial charge on any atom is -0.368 e. The zero-order valence-electron chi connectivity index (χ0n) is 14.9. The highest BCUT2D eigenvalue weighted by molar-refractivity contribution is 6.30. The third-order valence-electron chi connectivity index (χ3n) is 4.58. The molecule has 9 nitrogen and oxygen atoms in total. The zero-order valence-corrected chi connectivity index (χ0v) is 15.6. The topological polar surface area (TPSA) is 97.4 Å². The van der Waals surface area contributed by atoms with Crippen molar-refractivity contribution in [3.8, 4) is 11.5 Å². The van der Waals surface area contributed by atoms with Crippen molar-refractivity contribution in [3.05, 3.63) is 58.4 Å². The first kappa shape index (κ1) is 18.2. The highest BCUT2D eigenvalue weighted by Gasteiger charge is 2.24. The molecular weight excluding hydrogens is 384 g/mol. The van der Waals surface area contributed by atoms with Gasteiger partial charge in [-0.15, -0.1) is 0 Å². The molecule has 0 bridgehead atoms. The van der Waals surface area contributed by atoms with E-state index in [9.17, 15) is 9.59 Å². The molecule has 1 saturated heterocycles. The van der Waals surface area contributed by atoms with Crippen molar-refractivity contribution in [1.29, 1.82) is 0 Å². The summed E-state index contributed by atoms with van der Waals surface area (Å²) in [6, 6.07) is 7.63. The molecule has 0 aliphatic carbocycles. The van der Waals surface area contributed by atoms with Crippen molar-refractivity contribution < 1.29 is 9.32 Å². The molecule has 10 heteroatoms. The summed E-state index contributed by atoms with van der Waals surface area (Å²) in [5.74, 6) is -0.697. The van der Waals surface area contributed by atoms with Crippen LogP contribution in [-0.2, 0) is 11.3 Å². The van der Waals surface area contributed by atoms with E-state index < -0.39 is 5.76 Å². The Kier molecular flexibility index (Phi) is 5.07. The Hall–Kier alpha value is -3.20. The number of benzene rings is 1. The second-order valence-corrected chi connectivity index (χ2v) is 6.73. The van der Waals surface area contributed by atoms with Gasteiger partial charge in [-0.1, -0.05) is 22.8 Å². The Morgan fingerprint density at radius 1 is 1.18 bits per heavy atom. The fourth-order valence-electron chi connectivity index (χ4n) is 3.13. The number of hydrogen-bond donors (Lipinski definition) is 0. The van der Waals surface area contributed by atoms with Gasteiger partial charge < -0.3 is 9.80 Å². The molecule has 0 saturated carbocycles. The van der Waals surface area contributed by atoms with E-state index in [1.54, 1.807) is 4.90 Å².